The maximum Gasteiger partial charge on any atom is 0.0552 e. The molecule has 0 bridgehead atoms. The van der Waals surface area contributed by atoms with Gasteiger partial charge >= 0.3 is 0 Å². The molecule has 1 aromatic carbocycles. The molecule has 1 heterocycles. The van der Waals surface area contributed by atoms with Gasteiger partial charge in [0.25, 0.3) is 0 Å². The largest absolute Gasteiger partial charge is 0.393 e. The van der Waals surface area contributed by atoms with Gasteiger partial charge in [-0.15, -0.1) is 11.8 Å². The molecule has 1 aliphatic rings. The van der Waals surface area contributed by atoms with Gasteiger partial charge < -0.3 is 10.0 Å². The minimum absolute atomic E-state index is 0.194. The van der Waals surface area contributed by atoms with Crippen LogP contribution in [-0.4, -0.2) is 41.5 Å². The topological polar surface area (TPSA) is 23.5 Å². The van der Waals surface area contributed by atoms with E-state index >= 15 is 0 Å². The first-order chi connectivity index (χ1) is 9.06. The summed E-state index contributed by atoms with van der Waals surface area (Å²) in [6, 6.07) is 5.56. The zero-order valence-corrected chi connectivity index (χ0v) is 13.3. The number of hydrogen-bond donors (Lipinski definition) is 1. The molecule has 106 valence electrons. The Kier molecular flexibility index (Phi) is 5.85. The lowest BCUT2D eigenvalue weighted by atomic mass is 10.0. The van der Waals surface area contributed by atoms with Crippen molar-refractivity contribution in [3.8, 4) is 0 Å². The number of aliphatic hydroxyl groups is 1. The van der Waals surface area contributed by atoms with E-state index < -0.39 is 0 Å². The number of nitrogens with zero attached hydrogens (tertiary/aromatic N) is 1. The fraction of sp³-hybridized carbons (Fsp3) is 0.571. The van der Waals surface area contributed by atoms with Gasteiger partial charge in [0.15, 0.2) is 0 Å². The highest BCUT2D eigenvalue weighted by atomic mass is 35.5. The fourth-order valence-corrected chi connectivity index (χ4v) is 3.84. The molecule has 1 saturated heterocycles. The molecule has 1 aliphatic heterocycles. The van der Waals surface area contributed by atoms with Crippen molar-refractivity contribution in [2.75, 3.05) is 25.4 Å². The van der Waals surface area contributed by atoms with Crippen molar-refractivity contribution >= 4 is 35.0 Å². The van der Waals surface area contributed by atoms with Crippen molar-refractivity contribution in [1.82, 2.24) is 4.90 Å². The SMILES string of the molecule is CC(O)C1CCN(CCSc2cc(Cl)ccc2Cl)C1. The number of likely N-dealkylation sites (tertiary alicyclic amines) is 1. The second-order valence-corrected chi connectivity index (χ2v) is 6.99. The zero-order chi connectivity index (χ0) is 13.8. The molecule has 19 heavy (non-hydrogen) atoms. The summed E-state index contributed by atoms with van der Waals surface area (Å²) in [6.07, 6.45) is 0.903. The van der Waals surface area contributed by atoms with Gasteiger partial charge in [-0.1, -0.05) is 23.2 Å². The molecule has 0 spiro atoms. The summed E-state index contributed by atoms with van der Waals surface area (Å²) < 4.78 is 0. The molecule has 0 radical (unpaired) electrons. The van der Waals surface area contributed by atoms with Crippen LogP contribution in [0.15, 0.2) is 23.1 Å². The van der Waals surface area contributed by atoms with E-state index in [0.29, 0.717) is 5.92 Å². The first-order valence-electron chi connectivity index (χ1n) is 6.54. The van der Waals surface area contributed by atoms with Crippen molar-refractivity contribution in [1.29, 1.82) is 0 Å². The molecule has 0 aromatic heterocycles. The van der Waals surface area contributed by atoms with E-state index in [2.05, 4.69) is 4.90 Å². The summed E-state index contributed by atoms with van der Waals surface area (Å²) in [5.74, 6) is 1.42. The second-order valence-electron chi connectivity index (χ2n) is 5.01. The van der Waals surface area contributed by atoms with Crippen molar-refractivity contribution in [2.45, 2.75) is 24.3 Å². The molecule has 1 fully saturated rings. The van der Waals surface area contributed by atoms with Gasteiger partial charge in [-0.05, 0) is 44.0 Å². The van der Waals surface area contributed by atoms with Crippen LogP contribution in [0, 0.1) is 5.92 Å². The van der Waals surface area contributed by atoms with E-state index in [1.54, 1.807) is 11.8 Å². The minimum Gasteiger partial charge on any atom is -0.393 e. The quantitative estimate of drug-likeness (QED) is 0.835. The van der Waals surface area contributed by atoms with E-state index in [-0.39, 0.29) is 6.10 Å². The fourth-order valence-electron chi connectivity index (χ4n) is 2.33. The Morgan fingerprint density at radius 2 is 2.26 bits per heavy atom. The van der Waals surface area contributed by atoms with Crippen molar-refractivity contribution in [3.05, 3.63) is 28.2 Å². The summed E-state index contributed by atoms with van der Waals surface area (Å²) >= 11 is 13.8. The summed E-state index contributed by atoms with van der Waals surface area (Å²) in [6.45, 7) is 4.99. The molecule has 1 aromatic rings. The van der Waals surface area contributed by atoms with Gasteiger partial charge in [-0.2, -0.15) is 0 Å². The van der Waals surface area contributed by atoms with Gasteiger partial charge in [0.2, 0.25) is 0 Å². The van der Waals surface area contributed by atoms with Crippen molar-refractivity contribution in [3.63, 3.8) is 0 Å². The van der Waals surface area contributed by atoms with Gasteiger partial charge in [-0.3, -0.25) is 0 Å². The van der Waals surface area contributed by atoms with Crippen LogP contribution in [-0.2, 0) is 0 Å². The summed E-state index contributed by atoms with van der Waals surface area (Å²) in [5.41, 5.74) is 0. The Morgan fingerprint density at radius 3 is 2.95 bits per heavy atom. The van der Waals surface area contributed by atoms with E-state index in [0.717, 1.165) is 46.7 Å². The Bertz CT molecular complexity index is 428. The van der Waals surface area contributed by atoms with E-state index in [4.69, 9.17) is 23.2 Å². The molecule has 2 nitrogen and oxygen atoms in total. The lowest BCUT2D eigenvalue weighted by molar-refractivity contribution is 0.128. The van der Waals surface area contributed by atoms with E-state index in [9.17, 15) is 5.11 Å². The first kappa shape index (κ1) is 15.5. The first-order valence-corrected chi connectivity index (χ1v) is 8.28. The molecule has 2 rings (SSSR count). The summed E-state index contributed by atoms with van der Waals surface area (Å²) in [5, 5.41) is 11.1. The van der Waals surface area contributed by atoms with Crippen LogP contribution < -0.4 is 0 Å². The van der Waals surface area contributed by atoms with Crippen LogP contribution >= 0.6 is 35.0 Å². The monoisotopic (exact) mass is 319 g/mol. The third-order valence-electron chi connectivity index (χ3n) is 3.55. The van der Waals surface area contributed by atoms with Crippen LogP contribution in [0.5, 0.6) is 0 Å². The van der Waals surface area contributed by atoms with Crippen LogP contribution in [0.25, 0.3) is 0 Å². The number of benzene rings is 1. The molecule has 2 unspecified atom stereocenters. The lowest BCUT2D eigenvalue weighted by Crippen LogP contribution is -2.26. The van der Waals surface area contributed by atoms with E-state index in [1.807, 2.05) is 25.1 Å². The molecular weight excluding hydrogens is 301 g/mol. The average molecular weight is 320 g/mol. The van der Waals surface area contributed by atoms with Crippen LogP contribution in [0.1, 0.15) is 13.3 Å². The maximum atomic E-state index is 9.58. The van der Waals surface area contributed by atoms with Crippen LogP contribution in [0.4, 0.5) is 0 Å². The molecule has 1 N–H and O–H groups in total. The number of hydrogen-bond acceptors (Lipinski definition) is 3. The predicted octanol–water partition coefficient (Wildman–Crippen LogP) is 3.79. The molecule has 0 aliphatic carbocycles. The molecule has 2 atom stereocenters. The minimum atomic E-state index is -0.194. The lowest BCUT2D eigenvalue weighted by Gasteiger charge is -2.17. The number of halogens is 2. The van der Waals surface area contributed by atoms with Crippen molar-refractivity contribution in [2.24, 2.45) is 5.92 Å². The third kappa shape index (κ3) is 4.54. The molecule has 0 amide bonds. The number of rotatable bonds is 5. The Morgan fingerprint density at radius 1 is 1.47 bits per heavy atom. The Labute approximate surface area is 129 Å². The summed E-state index contributed by atoms with van der Waals surface area (Å²) in [4.78, 5) is 3.45. The Hall–Kier alpha value is 0.0700. The van der Waals surface area contributed by atoms with Gasteiger partial charge in [0.05, 0.1) is 11.1 Å². The average Bonchev–Trinajstić information content (AvgIpc) is 2.82. The highest BCUT2D eigenvalue weighted by Gasteiger charge is 2.25. The van der Waals surface area contributed by atoms with E-state index in [1.165, 1.54) is 0 Å². The third-order valence-corrected chi connectivity index (χ3v) is 5.26. The van der Waals surface area contributed by atoms with Gasteiger partial charge in [0.1, 0.15) is 0 Å². The number of aliphatic hydroxyl groups excluding tert-OH is 1. The van der Waals surface area contributed by atoms with Crippen LogP contribution in [0.2, 0.25) is 10.0 Å². The Balaban J connectivity index is 1.77. The predicted molar refractivity (Wildman–Crippen MR) is 83.4 cm³/mol. The molecular formula is C14H19Cl2NOS. The molecule has 5 heteroatoms. The van der Waals surface area contributed by atoms with Crippen LogP contribution in [0.3, 0.4) is 0 Å². The van der Waals surface area contributed by atoms with Gasteiger partial charge in [-0.25, -0.2) is 0 Å². The molecule has 0 saturated carbocycles. The zero-order valence-electron chi connectivity index (χ0n) is 11.0. The van der Waals surface area contributed by atoms with Crippen molar-refractivity contribution < 1.29 is 5.11 Å². The number of thioether (sulfide) groups is 1. The highest BCUT2D eigenvalue weighted by molar-refractivity contribution is 7.99. The standard InChI is InChI=1S/C14H19Cl2NOS/c1-10(18)11-4-5-17(9-11)6-7-19-14-8-12(15)2-3-13(14)16/h2-3,8,10-11,18H,4-7,9H2,1H3. The maximum absolute atomic E-state index is 9.58. The smallest absolute Gasteiger partial charge is 0.0552 e. The summed E-state index contributed by atoms with van der Waals surface area (Å²) in [7, 11) is 0. The second kappa shape index (κ2) is 7.19. The van der Waals surface area contributed by atoms with Gasteiger partial charge in [0, 0.05) is 28.8 Å². The normalized spacial score (nSPS) is 21.8. The highest BCUT2D eigenvalue weighted by Crippen LogP contribution is 2.30.